The molecule has 1 unspecified atom stereocenters. The molecule has 1 aliphatic rings. The van der Waals surface area contributed by atoms with Crippen LogP contribution in [0.4, 0.5) is 0 Å². The third-order valence-electron chi connectivity index (χ3n) is 2.80. The third kappa shape index (κ3) is 3.76. The van der Waals surface area contributed by atoms with E-state index in [-0.39, 0.29) is 12.0 Å². The lowest BCUT2D eigenvalue weighted by Gasteiger charge is -2.22. The van der Waals surface area contributed by atoms with E-state index in [1.807, 2.05) is 0 Å². The fraction of sp³-hybridized carbons (Fsp3) is 0.909. The monoisotopic (exact) mass is 199 g/mol. The molecular weight excluding hydrogens is 178 g/mol. The van der Waals surface area contributed by atoms with Crippen LogP contribution in [0, 0.1) is 5.92 Å². The highest BCUT2D eigenvalue weighted by Gasteiger charge is 2.22. The van der Waals surface area contributed by atoms with Crippen molar-refractivity contribution >= 4 is 5.78 Å². The summed E-state index contributed by atoms with van der Waals surface area (Å²) in [7, 11) is 0. The Morgan fingerprint density at radius 3 is 2.71 bits per heavy atom. The molecule has 1 saturated heterocycles. The molecule has 1 fully saturated rings. The average Bonchev–Trinajstić information content (AvgIpc) is 2.19. The Morgan fingerprint density at radius 2 is 2.14 bits per heavy atom. The van der Waals surface area contributed by atoms with Gasteiger partial charge in [0.1, 0.15) is 5.78 Å². The molecule has 0 radical (unpaired) electrons. The maximum atomic E-state index is 11.7. The molecule has 1 atom stereocenters. The number of ketones is 1. The molecule has 14 heavy (non-hydrogen) atoms. The third-order valence-corrected chi connectivity index (χ3v) is 2.80. The first-order valence-electron chi connectivity index (χ1n) is 5.60. The second-order valence-electron chi connectivity index (χ2n) is 4.11. The van der Waals surface area contributed by atoms with Crippen LogP contribution in [0.15, 0.2) is 0 Å². The van der Waals surface area contributed by atoms with Crippen molar-refractivity contribution in [2.24, 2.45) is 11.7 Å². The topological polar surface area (TPSA) is 52.3 Å². The quantitative estimate of drug-likeness (QED) is 0.730. The zero-order valence-corrected chi connectivity index (χ0v) is 9.00. The van der Waals surface area contributed by atoms with Gasteiger partial charge in [-0.2, -0.15) is 0 Å². The van der Waals surface area contributed by atoms with E-state index < -0.39 is 0 Å². The number of nitrogens with two attached hydrogens (primary N) is 1. The van der Waals surface area contributed by atoms with Gasteiger partial charge in [-0.15, -0.1) is 0 Å². The van der Waals surface area contributed by atoms with Crippen LogP contribution in [0.5, 0.6) is 0 Å². The molecule has 3 heteroatoms. The summed E-state index contributed by atoms with van der Waals surface area (Å²) < 4.78 is 5.22. The van der Waals surface area contributed by atoms with Crippen LogP contribution in [-0.4, -0.2) is 25.0 Å². The largest absolute Gasteiger partial charge is 0.381 e. The van der Waals surface area contributed by atoms with Gasteiger partial charge in [0.2, 0.25) is 0 Å². The first kappa shape index (κ1) is 11.7. The lowest BCUT2D eigenvalue weighted by Crippen LogP contribution is -2.30. The molecule has 0 aromatic carbocycles. The van der Waals surface area contributed by atoms with E-state index in [1.165, 1.54) is 0 Å². The van der Waals surface area contributed by atoms with Gasteiger partial charge in [0.25, 0.3) is 0 Å². The first-order chi connectivity index (χ1) is 6.74. The predicted octanol–water partition coefficient (Wildman–Crippen LogP) is 1.50. The van der Waals surface area contributed by atoms with Crippen LogP contribution in [-0.2, 0) is 9.53 Å². The van der Waals surface area contributed by atoms with Crippen molar-refractivity contribution in [2.45, 2.75) is 45.1 Å². The van der Waals surface area contributed by atoms with E-state index in [0.717, 1.165) is 38.9 Å². The van der Waals surface area contributed by atoms with Gasteiger partial charge in [-0.1, -0.05) is 13.3 Å². The average molecular weight is 199 g/mol. The molecule has 0 amide bonds. The molecule has 1 aliphatic heterocycles. The van der Waals surface area contributed by atoms with E-state index in [1.54, 1.807) is 0 Å². The summed E-state index contributed by atoms with van der Waals surface area (Å²) in [5, 5.41) is 0. The van der Waals surface area contributed by atoms with Crippen molar-refractivity contribution in [1.29, 1.82) is 0 Å². The van der Waals surface area contributed by atoms with E-state index in [9.17, 15) is 4.79 Å². The van der Waals surface area contributed by atoms with Gasteiger partial charge < -0.3 is 10.5 Å². The van der Waals surface area contributed by atoms with Crippen LogP contribution in [0.2, 0.25) is 0 Å². The predicted molar refractivity (Wildman–Crippen MR) is 56.1 cm³/mol. The minimum Gasteiger partial charge on any atom is -0.381 e. The van der Waals surface area contributed by atoms with E-state index in [0.29, 0.717) is 12.2 Å². The Kier molecular flexibility index (Phi) is 5.12. The molecule has 2 N–H and O–H groups in total. The minimum atomic E-state index is 0.0651. The Labute approximate surface area is 86.0 Å². The summed E-state index contributed by atoms with van der Waals surface area (Å²) in [4.78, 5) is 11.7. The van der Waals surface area contributed by atoms with Crippen molar-refractivity contribution in [3.05, 3.63) is 0 Å². The van der Waals surface area contributed by atoms with Gasteiger partial charge in [0.15, 0.2) is 0 Å². The van der Waals surface area contributed by atoms with Gasteiger partial charge in [-0.25, -0.2) is 0 Å². The summed E-state index contributed by atoms with van der Waals surface area (Å²) in [5.74, 6) is 0.556. The normalized spacial score (nSPS) is 20.7. The summed E-state index contributed by atoms with van der Waals surface area (Å²) in [6, 6.07) is 0.0651. The number of rotatable bonds is 5. The molecular formula is C11H21NO2. The molecule has 0 aliphatic carbocycles. The highest BCUT2D eigenvalue weighted by atomic mass is 16.5. The Bertz CT molecular complexity index is 176. The molecule has 0 spiro atoms. The molecule has 0 aromatic rings. The van der Waals surface area contributed by atoms with Crippen molar-refractivity contribution in [2.75, 3.05) is 13.2 Å². The fourth-order valence-corrected chi connectivity index (χ4v) is 1.92. The van der Waals surface area contributed by atoms with Crippen LogP contribution in [0.3, 0.4) is 0 Å². The van der Waals surface area contributed by atoms with Gasteiger partial charge in [0.05, 0.1) is 0 Å². The van der Waals surface area contributed by atoms with E-state index >= 15 is 0 Å². The highest BCUT2D eigenvalue weighted by molar-refractivity contribution is 5.81. The zero-order chi connectivity index (χ0) is 10.4. The van der Waals surface area contributed by atoms with Crippen molar-refractivity contribution < 1.29 is 9.53 Å². The first-order valence-corrected chi connectivity index (χ1v) is 5.60. The molecule has 1 rings (SSSR count). The number of ether oxygens (including phenoxy) is 1. The summed E-state index contributed by atoms with van der Waals surface area (Å²) in [6.07, 6.45) is 4.34. The summed E-state index contributed by atoms with van der Waals surface area (Å²) in [5.41, 5.74) is 5.84. The Hall–Kier alpha value is -0.410. The second kappa shape index (κ2) is 6.14. The zero-order valence-electron chi connectivity index (χ0n) is 9.00. The Balaban J connectivity index is 2.25. The standard InChI is InChI=1S/C11H21NO2/c1-2-3-10(12)8-11(13)9-4-6-14-7-5-9/h9-10H,2-8,12H2,1H3. The summed E-state index contributed by atoms with van der Waals surface area (Å²) >= 11 is 0. The lowest BCUT2D eigenvalue weighted by atomic mass is 9.91. The van der Waals surface area contributed by atoms with Crippen LogP contribution >= 0.6 is 0 Å². The van der Waals surface area contributed by atoms with Gasteiger partial charge in [-0.05, 0) is 19.3 Å². The van der Waals surface area contributed by atoms with E-state index in [2.05, 4.69) is 6.92 Å². The number of hydrogen-bond donors (Lipinski definition) is 1. The van der Waals surface area contributed by atoms with Crippen molar-refractivity contribution in [3.63, 3.8) is 0 Å². The van der Waals surface area contributed by atoms with Crippen LogP contribution in [0.25, 0.3) is 0 Å². The lowest BCUT2D eigenvalue weighted by molar-refractivity contribution is -0.126. The molecule has 1 heterocycles. The SMILES string of the molecule is CCCC(N)CC(=O)C1CCOCC1. The molecule has 0 saturated carbocycles. The number of carbonyl (C=O) groups is 1. The van der Waals surface area contributed by atoms with Crippen molar-refractivity contribution in [1.82, 2.24) is 0 Å². The highest BCUT2D eigenvalue weighted by Crippen LogP contribution is 2.18. The van der Waals surface area contributed by atoms with E-state index in [4.69, 9.17) is 10.5 Å². The van der Waals surface area contributed by atoms with Gasteiger partial charge in [-0.3, -0.25) is 4.79 Å². The number of hydrogen-bond acceptors (Lipinski definition) is 3. The van der Waals surface area contributed by atoms with Crippen LogP contribution < -0.4 is 5.73 Å². The molecule has 0 bridgehead atoms. The molecule has 3 nitrogen and oxygen atoms in total. The number of carbonyl (C=O) groups excluding carboxylic acids is 1. The van der Waals surface area contributed by atoms with Crippen molar-refractivity contribution in [3.8, 4) is 0 Å². The fourth-order valence-electron chi connectivity index (χ4n) is 1.92. The van der Waals surface area contributed by atoms with Gasteiger partial charge >= 0.3 is 0 Å². The Morgan fingerprint density at radius 1 is 1.50 bits per heavy atom. The molecule has 82 valence electrons. The maximum Gasteiger partial charge on any atom is 0.137 e. The van der Waals surface area contributed by atoms with Crippen LogP contribution in [0.1, 0.15) is 39.0 Å². The smallest absolute Gasteiger partial charge is 0.137 e. The molecule has 0 aromatic heterocycles. The minimum absolute atomic E-state index is 0.0651. The second-order valence-corrected chi connectivity index (χ2v) is 4.11. The maximum absolute atomic E-state index is 11.7. The summed E-state index contributed by atoms with van der Waals surface area (Å²) in [6.45, 7) is 3.57. The number of Topliss-reactive ketones (excluding diaryl/α,β-unsaturated/α-hetero) is 1. The van der Waals surface area contributed by atoms with Gasteiger partial charge in [0, 0.05) is 31.6 Å².